The van der Waals surface area contributed by atoms with Crippen molar-refractivity contribution >= 4 is 18.3 Å². The molecule has 0 spiro atoms. The van der Waals surface area contributed by atoms with Crippen LogP contribution in [-0.4, -0.2) is 23.7 Å². The number of rotatable bonds is 4. The molecule has 1 aromatic rings. The van der Waals surface area contributed by atoms with Crippen molar-refractivity contribution in [3.63, 3.8) is 0 Å². The summed E-state index contributed by atoms with van der Waals surface area (Å²) in [7, 11) is 0. The summed E-state index contributed by atoms with van der Waals surface area (Å²) in [6, 6.07) is 1.69. The van der Waals surface area contributed by atoms with Gasteiger partial charge >= 0.3 is 0 Å². The second kappa shape index (κ2) is 7.50. The first-order valence-corrected chi connectivity index (χ1v) is 6.65. The molecule has 1 aliphatic rings. The molecule has 1 fully saturated rings. The predicted octanol–water partition coefficient (Wildman–Crippen LogP) is 2.04. The van der Waals surface area contributed by atoms with E-state index in [0.29, 0.717) is 18.2 Å². The van der Waals surface area contributed by atoms with Gasteiger partial charge in [0.05, 0.1) is 5.69 Å². The van der Waals surface area contributed by atoms with Gasteiger partial charge in [0.2, 0.25) is 5.76 Å². The van der Waals surface area contributed by atoms with E-state index < -0.39 is 0 Å². The van der Waals surface area contributed by atoms with Crippen LogP contribution in [0.4, 0.5) is 0 Å². The van der Waals surface area contributed by atoms with Gasteiger partial charge in [0.1, 0.15) is 0 Å². The van der Waals surface area contributed by atoms with Gasteiger partial charge in [0, 0.05) is 18.7 Å². The van der Waals surface area contributed by atoms with Crippen LogP contribution in [0.25, 0.3) is 0 Å². The van der Waals surface area contributed by atoms with Crippen LogP contribution in [0.5, 0.6) is 0 Å². The molecule has 1 aromatic heterocycles. The van der Waals surface area contributed by atoms with Crippen molar-refractivity contribution in [2.75, 3.05) is 6.54 Å². The van der Waals surface area contributed by atoms with E-state index in [0.717, 1.165) is 12.8 Å². The lowest BCUT2D eigenvalue weighted by molar-refractivity contribution is 0.0878. The summed E-state index contributed by atoms with van der Waals surface area (Å²) < 4.78 is 4.96. The zero-order chi connectivity index (χ0) is 13.0. The third-order valence-electron chi connectivity index (χ3n) is 3.64. The number of hydrogen-bond acceptors (Lipinski definition) is 4. The molecule has 19 heavy (non-hydrogen) atoms. The number of nitrogens with two attached hydrogens (primary N) is 1. The van der Waals surface area contributed by atoms with Crippen LogP contribution in [-0.2, 0) is 0 Å². The molecule has 5 nitrogen and oxygen atoms in total. The number of aryl methyl sites for hydroxylation is 1. The van der Waals surface area contributed by atoms with E-state index in [1.165, 1.54) is 19.3 Å². The summed E-state index contributed by atoms with van der Waals surface area (Å²) in [5.41, 5.74) is 6.48. The minimum Gasteiger partial charge on any atom is -0.351 e. The van der Waals surface area contributed by atoms with Crippen LogP contribution in [0.3, 0.4) is 0 Å². The third kappa shape index (κ3) is 4.21. The highest BCUT2D eigenvalue weighted by Gasteiger charge is 2.25. The summed E-state index contributed by atoms with van der Waals surface area (Å²) in [5, 5.41) is 6.68. The van der Waals surface area contributed by atoms with Crippen molar-refractivity contribution in [1.29, 1.82) is 0 Å². The van der Waals surface area contributed by atoms with Crippen LogP contribution in [0.1, 0.15) is 48.4 Å². The SMILES string of the molecule is Cc1cc(C(=O)NC(CN)C2CCCCC2)on1.Cl. The van der Waals surface area contributed by atoms with E-state index in [1.54, 1.807) is 13.0 Å². The Bertz CT molecular complexity index is 402. The Kier molecular flexibility index (Phi) is 6.31. The van der Waals surface area contributed by atoms with Crippen molar-refractivity contribution in [2.45, 2.75) is 45.1 Å². The van der Waals surface area contributed by atoms with Gasteiger partial charge in [-0.05, 0) is 25.7 Å². The second-order valence-electron chi connectivity index (χ2n) is 5.05. The van der Waals surface area contributed by atoms with Crippen LogP contribution in [0, 0.1) is 12.8 Å². The smallest absolute Gasteiger partial charge is 0.290 e. The van der Waals surface area contributed by atoms with E-state index in [-0.39, 0.29) is 30.1 Å². The van der Waals surface area contributed by atoms with E-state index >= 15 is 0 Å². The predicted molar refractivity (Wildman–Crippen MR) is 75.4 cm³/mol. The maximum Gasteiger partial charge on any atom is 0.290 e. The van der Waals surface area contributed by atoms with Gasteiger partial charge in [0.25, 0.3) is 5.91 Å². The van der Waals surface area contributed by atoms with Crippen LogP contribution in [0.2, 0.25) is 0 Å². The van der Waals surface area contributed by atoms with Crippen molar-refractivity contribution in [3.8, 4) is 0 Å². The first-order valence-electron chi connectivity index (χ1n) is 6.65. The highest BCUT2D eigenvalue weighted by molar-refractivity contribution is 5.91. The van der Waals surface area contributed by atoms with Gasteiger partial charge in [-0.3, -0.25) is 4.79 Å². The minimum absolute atomic E-state index is 0. The standard InChI is InChI=1S/C13H21N3O2.ClH/c1-9-7-12(18-16-9)13(17)15-11(8-14)10-5-3-2-4-6-10;/h7,10-11H,2-6,8,14H2,1H3,(H,15,17);1H. The molecule has 1 heterocycles. The van der Waals surface area contributed by atoms with Gasteiger partial charge < -0.3 is 15.6 Å². The molecule has 1 unspecified atom stereocenters. The molecule has 0 saturated heterocycles. The van der Waals surface area contributed by atoms with Crippen molar-refractivity contribution in [2.24, 2.45) is 11.7 Å². The van der Waals surface area contributed by atoms with E-state index in [2.05, 4.69) is 10.5 Å². The van der Waals surface area contributed by atoms with Crippen LogP contribution in [0.15, 0.2) is 10.6 Å². The largest absolute Gasteiger partial charge is 0.351 e. The van der Waals surface area contributed by atoms with Gasteiger partial charge in [-0.1, -0.05) is 24.4 Å². The Hall–Kier alpha value is -1.07. The summed E-state index contributed by atoms with van der Waals surface area (Å²) >= 11 is 0. The fraction of sp³-hybridized carbons (Fsp3) is 0.692. The highest BCUT2D eigenvalue weighted by atomic mass is 35.5. The Morgan fingerprint density at radius 1 is 1.53 bits per heavy atom. The number of carbonyl (C=O) groups excluding carboxylic acids is 1. The highest BCUT2D eigenvalue weighted by Crippen LogP contribution is 2.26. The lowest BCUT2D eigenvalue weighted by Gasteiger charge is -2.29. The third-order valence-corrected chi connectivity index (χ3v) is 3.64. The van der Waals surface area contributed by atoms with Gasteiger partial charge in [-0.15, -0.1) is 12.4 Å². The van der Waals surface area contributed by atoms with Gasteiger partial charge in [0.15, 0.2) is 0 Å². The topological polar surface area (TPSA) is 81.2 Å². The molecule has 1 amide bonds. The minimum atomic E-state index is -0.211. The number of carbonyl (C=O) groups is 1. The van der Waals surface area contributed by atoms with Gasteiger partial charge in [-0.2, -0.15) is 0 Å². The lowest BCUT2D eigenvalue weighted by Crippen LogP contribution is -2.45. The molecule has 0 aliphatic heterocycles. The van der Waals surface area contributed by atoms with E-state index in [1.807, 2.05) is 0 Å². The van der Waals surface area contributed by atoms with Crippen molar-refractivity contribution in [3.05, 3.63) is 17.5 Å². The number of nitrogens with zero attached hydrogens (tertiary/aromatic N) is 1. The lowest BCUT2D eigenvalue weighted by atomic mass is 9.84. The second-order valence-corrected chi connectivity index (χ2v) is 5.05. The van der Waals surface area contributed by atoms with E-state index in [4.69, 9.17) is 10.3 Å². The molecule has 0 radical (unpaired) electrons. The number of nitrogens with one attached hydrogen (secondary N) is 1. The molecule has 1 saturated carbocycles. The molecule has 3 N–H and O–H groups in total. The summed E-state index contributed by atoms with van der Waals surface area (Å²) in [5.74, 6) is 0.551. The molecule has 6 heteroatoms. The first kappa shape index (κ1) is 16.0. The fourth-order valence-electron chi connectivity index (χ4n) is 2.62. The molecule has 1 atom stereocenters. The molecule has 0 bridgehead atoms. The average molecular weight is 288 g/mol. The molecule has 2 rings (SSSR count). The number of halogens is 1. The molecule has 108 valence electrons. The fourth-order valence-corrected chi connectivity index (χ4v) is 2.62. The Morgan fingerprint density at radius 2 is 2.21 bits per heavy atom. The number of hydrogen-bond donors (Lipinski definition) is 2. The normalized spacial score (nSPS) is 17.6. The zero-order valence-corrected chi connectivity index (χ0v) is 12.0. The van der Waals surface area contributed by atoms with Crippen LogP contribution < -0.4 is 11.1 Å². The average Bonchev–Trinajstić information content (AvgIpc) is 2.83. The maximum atomic E-state index is 12.0. The molecular formula is C13H22ClN3O2. The summed E-state index contributed by atoms with van der Waals surface area (Å²) in [6.45, 7) is 2.27. The number of aromatic nitrogens is 1. The quantitative estimate of drug-likeness (QED) is 0.888. The van der Waals surface area contributed by atoms with Crippen LogP contribution >= 0.6 is 12.4 Å². The Morgan fingerprint density at radius 3 is 2.74 bits per heavy atom. The first-order chi connectivity index (χ1) is 8.70. The van der Waals surface area contributed by atoms with Gasteiger partial charge in [-0.25, -0.2) is 0 Å². The summed E-state index contributed by atoms with van der Waals surface area (Å²) in [6.07, 6.45) is 6.06. The Labute approximate surface area is 119 Å². The Balaban J connectivity index is 0.00000180. The molecular weight excluding hydrogens is 266 g/mol. The zero-order valence-electron chi connectivity index (χ0n) is 11.2. The molecule has 0 aromatic carbocycles. The molecule has 1 aliphatic carbocycles. The van der Waals surface area contributed by atoms with Crippen molar-refractivity contribution in [1.82, 2.24) is 10.5 Å². The van der Waals surface area contributed by atoms with Crippen molar-refractivity contribution < 1.29 is 9.32 Å². The monoisotopic (exact) mass is 287 g/mol. The number of amides is 1. The summed E-state index contributed by atoms with van der Waals surface area (Å²) in [4.78, 5) is 12.0. The maximum absolute atomic E-state index is 12.0. The van der Waals surface area contributed by atoms with E-state index in [9.17, 15) is 4.79 Å².